The molecule has 2 rings (SSSR count). The van der Waals surface area contributed by atoms with E-state index in [1.54, 1.807) is 25.3 Å². The molecule has 0 aliphatic heterocycles. The van der Waals surface area contributed by atoms with Crippen LogP contribution in [0.2, 0.25) is 0 Å². The Hall–Kier alpha value is -2.28. The first-order chi connectivity index (χ1) is 8.72. The molecule has 1 amide bonds. The van der Waals surface area contributed by atoms with Crippen molar-refractivity contribution in [3.8, 4) is 5.82 Å². The fourth-order valence-electron chi connectivity index (χ4n) is 1.34. The van der Waals surface area contributed by atoms with Crippen molar-refractivity contribution in [1.29, 1.82) is 0 Å². The topological polar surface area (TPSA) is 81.9 Å². The minimum absolute atomic E-state index is 0.244. The maximum absolute atomic E-state index is 11.8. The Morgan fingerprint density at radius 1 is 1.56 bits per heavy atom. The monoisotopic (exact) mass is 247 g/mol. The number of pyridine rings is 1. The van der Waals surface area contributed by atoms with Gasteiger partial charge in [-0.1, -0.05) is 0 Å². The second-order valence-electron chi connectivity index (χ2n) is 3.58. The molecule has 94 valence electrons. The van der Waals surface area contributed by atoms with Gasteiger partial charge in [0.05, 0.1) is 5.69 Å². The average Bonchev–Trinajstić information content (AvgIpc) is 2.92. The minimum Gasteiger partial charge on any atom is -0.372 e. The molecule has 7 heteroatoms. The van der Waals surface area contributed by atoms with Crippen molar-refractivity contribution in [3.63, 3.8) is 0 Å². The molecule has 2 aromatic heterocycles. The molecule has 1 atom stereocenters. The lowest BCUT2D eigenvalue weighted by Crippen LogP contribution is -2.27. The van der Waals surface area contributed by atoms with Gasteiger partial charge >= 0.3 is 0 Å². The van der Waals surface area contributed by atoms with Crippen LogP contribution in [0.3, 0.4) is 0 Å². The molecule has 0 bridgehead atoms. The first kappa shape index (κ1) is 12.2. The van der Waals surface area contributed by atoms with Crippen molar-refractivity contribution in [2.24, 2.45) is 0 Å². The highest BCUT2D eigenvalue weighted by molar-refractivity contribution is 5.95. The van der Waals surface area contributed by atoms with E-state index in [1.807, 2.05) is 0 Å². The molecule has 18 heavy (non-hydrogen) atoms. The Bertz CT molecular complexity index is 526. The van der Waals surface area contributed by atoms with E-state index in [2.05, 4.69) is 20.4 Å². The standard InChI is InChI=1S/C11H13N5O2/c1-8(18-2)11(17)15-9-4-3-5-13-10(9)16-7-12-6-14-16/h3-8H,1-2H3,(H,15,17). The van der Waals surface area contributed by atoms with Gasteiger partial charge in [-0.15, -0.1) is 0 Å². The Kier molecular flexibility index (Phi) is 3.63. The van der Waals surface area contributed by atoms with Crippen LogP contribution in [0.25, 0.3) is 5.82 Å². The van der Waals surface area contributed by atoms with Crippen LogP contribution in [-0.4, -0.2) is 38.9 Å². The summed E-state index contributed by atoms with van der Waals surface area (Å²) in [5, 5.41) is 6.71. The average molecular weight is 247 g/mol. The second-order valence-corrected chi connectivity index (χ2v) is 3.58. The zero-order chi connectivity index (χ0) is 13.0. The van der Waals surface area contributed by atoms with Gasteiger partial charge in [0.15, 0.2) is 5.82 Å². The quantitative estimate of drug-likeness (QED) is 0.857. The van der Waals surface area contributed by atoms with Crippen LogP contribution in [0.1, 0.15) is 6.92 Å². The SMILES string of the molecule is COC(C)C(=O)Nc1cccnc1-n1cncn1. The normalized spacial score (nSPS) is 12.1. The van der Waals surface area contributed by atoms with E-state index in [0.29, 0.717) is 11.5 Å². The fraction of sp³-hybridized carbons (Fsp3) is 0.273. The van der Waals surface area contributed by atoms with Gasteiger partial charge in [0.25, 0.3) is 5.91 Å². The molecule has 2 aromatic rings. The Morgan fingerprint density at radius 3 is 3.06 bits per heavy atom. The van der Waals surface area contributed by atoms with Gasteiger partial charge in [-0.2, -0.15) is 5.10 Å². The van der Waals surface area contributed by atoms with Gasteiger partial charge in [0.2, 0.25) is 0 Å². The summed E-state index contributed by atoms with van der Waals surface area (Å²) in [4.78, 5) is 19.8. The number of rotatable bonds is 4. The molecular weight excluding hydrogens is 234 g/mol. The number of anilines is 1. The molecule has 0 spiro atoms. The third-order valence-electron chi connectivity index (χ3n) is 2.40. The number of nitrogens with one attached hydrogen (secondary N) is 1. The first-order valence-corrected chi connectivity index (χ1v) is 5.36. The lowest BCUT2D eigenvalue weighted by atomic mass is 10.3. The molecular formula is C11H13N5O2. The highest BCUT2D eigenvalue weighted by Crippen LogP contribution is 2.16. The maximum Gasteiger partial charge on any atom is 0.253 e. The molecule has 2 heterocycles. The minimum atomic E-state index is -0.534. The van der Waals surface area contributed by atoms with Crippen LogP contribution >= 0.6 is 0 Å². The molecule has 0 aromatic carbocycles. The van der Waals surface area contributed by atoms with E-state index >= 15 is 0 Å². The zero-order valence-corrected chi connectivity index (χ0v) is 10.1. The smallest absolute Gasteiger partial charge is 0.253 e. The lowest BCUT2D eigenvalue weighted by molar-refractivity contribution is -0.124. The molecule has 0 saturated heterocycles. The predicted octanol–water partition coefficient (Wildman–Crippen LogP) is 0.636. The van der Waals surface area contributed by atoms with Gasteiger partial charge in [-0.3, -0.25) is 4.79 Å². The number of aromatic nitrogens is 4. The summed E-state index contributed by atoms with van der Waals surface area (Å²) >= 11 is 0. The number of carbonyl (C=O) groups is 1. The number of ether oxygens (including phenoxy) is 1. The summed E-state index contributed by atoms with van der Waals surface area (Å²) in [5.74, 6) is 0.263. The largest absolute Gasteiger partial charge is 0.372 e. The van der Waals surface area contributed by atoms with Crippen LogP contribution in [0.4, 0.5) is 5.69 Å². The van der Waals surface area contributed by atoms with E-state index in [4.69, 9.17) is 4.74 Å². The van der Waals surface area contributed by atoms with Crippen molar-refractivity contribution >= 4 is 11.6 Å². The zero-order valence-electron chi connectivity index (χ0n) is 10.1. The van der Waals surface area contributed by atoms with E-state index in [9.17, 15) is 4.79 Å². The molecule has 0 aliphatic rings. The Labute approximate surface area is 104 Å². The van der Waals surface area contributed by atoms with Crippen LogP contribution in [0.5, 0.6) is 0 Å². The predicted molar refractivity (Wildman–Crippen MR) is 64.3 cm³/mol. The first-order valence-electron chi connectivity index (χ1n) is 5.36. The van der Waals surface area contributed by atoms with Gasteiger partial charge in [-0.25, -0.2) is 14.6 Å². The molecule has 1 unspecified atom stereocenters. The molecule has 0 radical (unpaired) electrons. The number of amides is 1. The Morgan fingerprint density at radius 2 is 2.39 bits per heavy atom. The highest BCUT2D eigenvalue weighted by Gasteiger charge is 2.14. The summed E-state index contributed by atoms with van der Waals surface area (Å²) in [6.07, 6.45) is 4.00. The third kappa shape index (κ3) is 2.51. The summed E-state index contributed by atoms with van der Waals surface area (Å²) in [6.45, 7) is 1.67. The van der Waals surface area contributed by atoms with E-state index in [0.717, 1.165) is 0 Å². The van der Waals surface area contributed by atoms with Crippen LogP contribution in [-0.2, 0) is 9.53 Å². The van der Waals surface area contributed by atoms with Crippen LogP contribution < -0.4 is 5.32 Å². The van der Waals surface area contributed by atoms with Gasteiger partial charge < -0.3 is 10.1 Å². The molecule has 0 saturated carbocycles. The number of nitrogens with zero attached hydrogens (tertiary/aromatic N) is 4. The van der Waals surface area contributed by atoms with Gasteiger partial charge in [0, 0.05) is 13.3 Å². The fourth-order valence-corrected chi connectivity index (χ4v) is 1.34. The molecule has 1 N–H and O–H groups in total. The van der Waals surface area contributed by atoms with Gasteiger partial charge in [0.1, 0.15) is 18.8 Å². The molecule has 0 aliphatic carbocycles. The van der Waals surface area contributed by atoms with Crippen molar-refractivity contribution in [2.45, 2.75) is 13.0 Å². The maximum atomic E-state index is 11.8. The highest BCUT2D eigenvalue weighted by atomic mass is 16.5. The van der Waals surface area contributed by atoms with Crippen molar-refractivity contribution in [3.05, 3.63) is 31.0 Å². The number of methoxy groups -OCH3 is 1. The van der Waals surface area contributed by atoms with E-state index in [-0.39, 0.29) is 5.91 Å². The number of hydrogen-bond donors (Lipinski definition) is 1. The lowest BCUT2D eigenvalue weighted by Gasteiger charge is -2.12. The second kappa shape index (κ2) is 5.37. The molecule has 7 nitrogen and oxygen atoms in total. The van der Waals surface area contributed by atoms with Crippen LogP contribution in [0.15, 0.2) is 31.0 Å². The summed E-state index contributed by atoms with van der Waals surface area (Å²) in [5.41, 5.74) is 0.553. The van der Waals surface area contributed by atoms with Crippen molar-refractivity contribution in [1.82, 2.24) is 19.7 Å². The third-order valence-corrected chi connectivity index (χ3v) is 2.40. The van der Waals surface area contributed by atoms with E-state index < -0.39 is 6.10 Å². The summed E-state index contributed by atoms with van der Waals surface area (Å²) in [6, 6.07) is 3.47. The number of hydrogen-bond acceptors (Lipinski definition) is 5. The van der Waals surface area contributed by atoms with Crippen molar-refractivity contribution in [2.75, 3.05) is 12.4 Å². The summed E-state index contributed by atoms with van der Waals surface area (Å²) in [7, 11) is 1.48. The summed E-state index contributed by atoms with van der Waals surface area (Å²) < 4.78 is 6.43. The van der Waals surface area contributed by atoms with E-state index in [1.165, 1.54) is 24.4 Å². The van der Waals surface area contributed by atoms with Gasteiger partial charge in [-0.05, 0) is 19.1 Å². The van der Waals surface area contributed by atoms with Crippen LogP contribution in [0, 0.1) is 0 Å². The molecule has 0 fully saturated rings. The van der Waals surface area contributed by atoms with Crippen molar-refractivity contribution < 1.29 is 9.53 Å². The Balaban J connectivity index is 2.26. The number of carbonyl (C=O) groups excluding carboxylic acids is 1.